The predicted molar refractivity (Wildman–Crippen MR) is 79.3 cm³/mol. The summed E-state index contributed by atoms with van der Waals surface area (Å²) in [6, 6.07) is 2.40. The van der Waals surface area contributed by atoms with Crippen LogP contribution in [0.25, 0.3) is 0 Å². The Kier molecular flexibility index (Phi) is 4.77. The Labute approximate surface area is 134 Å². The average Bonchev–Trinajstić information content (AvgIpc) is 2.86. The molecule has 0 aliphatic rings. The van der Waals surface area contributed by atoms with Crippen molar-refractivity contribution in [2.45, 2.75) is 27.3 Å². The highest BCUT2D eigenvalue weighted by Crippen LogP contribution is 2.15. The molecule has 0 spiro atoms. The molecule has 24 heavy (non-hydrogen) atoms. The van der Waals surface area contributed by atoms with Crippen molar-refractivity contribution in [3.8, 4) is 5.75 Å². The van der Waals surface area contributed by atoms with E-state index in [1.165, 1.54) is 32.9 Å². The summed E-state index contributed by atoms with van der Waals surface area (Å²) >= 11 is 0. The maximum atomic E-state index is 12.6. The lowest BCUT2D eigenvalue weighted by atomic mass is 10.2. The van der Waals surface area contributed by atoms with Crippen molar-refractivity contribution < 1.29 is 23.1 Å². The van der Waals surface area contributed by atoms with E-state index >= 15 is 0 Å². The minimum absolute atomic E-state index is 0.0142. The Morgan fingerprint density at radius 1 is 1.42 bits per heavy atom. The number of rotatable bonds is 4. The molecule has 0 unspecified atom stereocenters. The van der Waals surface area contributed by atoms with Crippen LogP contribution in [0.3, 0.4) is 0 Å². The Balaban J connectivity index is 2.23. The molecule has 0 aliphatic heterocycles. The highest BCUT2D eigenvalue weighted by molar-refractivity contribution is 6.01. The molecule has 0 saturated heterocycles. The maximum absolute atomic E-state index is 12.6. The van der Waals surface area contributed by atoms with Gasteiger partial charge in [-0.15, -0.1) is 0 Å². The second-order valence-corrected chi connectivity index (χ2v) is 4.94. The smallest absolute Gasteiger partial charge is 0.348 e. The zero-order valence-corrected chi connectivity index (χ0v) is 13.0. The van der Waals surface area contributed by atoms with Crippen LogP contribution in [0.4, 0.5) is 8.78 Å². The summed E-state index contributed by atoms with van der Waals surface area (Å²) in [7, 11) is 0. The van der Waals surface area contributed by atoms with Crippen LogP contribution >= 0.6 is 0 Å². The molecular weight excluding hydrogens is 326 g/mol. The molecule has 0 atom stereocenters. The third-order valence-corrected chi connectivity index (χ3v) is 3.08. The van der Waals surface area contributed by atoms with Gasteiger partial charge in [-0.1, -0.05) is 0 Å². The summed E-state index contributed by atoms with van der Waals surface area (Å²) in [6.45, 7) is 1.36. The van der Waals surface area contributed by atoms with Crippen molar-refractivity contribution in [3.05, 3.63) is 45.3 Å². The zero-order chi connectivity index (χ0) is 18.0. The monoisotopic (exact) mass is 340 g/mol. The van der Waals surface area contributed by atoms with E-state index in [-0.39, 0.29) is 34.2 Å². The van der Waals surface area contributed by atoms with Gasteiger partial charge in [0.05, 0.1) is 5.71 Å². The van der Waals surface area contributed by atoms with Gasteiger partial charge in [-0.25, -0.2) is 14.9 Å². The molecule has 0 aliphatic carbocycles. The first kappa shape index (κ1) is 17.3. The standard InChI is InChI=1S/C14H14F2N4O4/c1-6-4-9(19-20(6)14(15)16)12(22)18-17-8(3)11-10(21)5-7(2)24-13(11)23/h4-5,14,21H,1-3H3,(H,18,22)/b17-8-. The number of hydrazone groups is 1. The summed E-state index contributed by atoms with van der Waals surface area (Å²) in [5, 5.41) is 16.9. The maximum Gasteiger partial charge on any atom is 0.348 e. The summed E-state index contributed by atoms with van der Waals surface area (Å²) in [6.07, 6.45) is 0. The molecule has 0 saturated carbocycles. The second kappa shape index (κ2) is 6.60. The van der Waals surface area contributed by atoms with Gasteiger partial charge >= 0.3 is 12.2 Å². The minimum atomic E-state index is -2.87. The molecule has 1 amide bonds. The normalized spacial score (nSPS) is 11.8. The van der Waals surface area contributed by atoms with Crippen LogP contribution in [0.5, 0.6) is 5.75 Å². The number of carbonyl (C=O) groups excluding carboxylic acids is 1. The SMILES string of the molecule is C/C(=N/NC(=O)c1cc(C)n(C(F)F)n1)c1c(O)cc(C)oc1=O. The van der Waals surface area contributed by atoms with Crippen LogP contribution in [-0.4, -0.2) is 26.5 Å². The molecule has 0 aromatic carbocycles. The first-order chi connectivity index (χ1) is 11.2. The largest absolute Gasteiger partial charge is 0.507 e. The average molecular weight is 340 g/mol. The molecular formula is C14H14F2N4O4. The number of halogens is 2. The Bertz CT molecular complexity index is 870. The van der Waals surface area contributed by atoms with Crippen molar-refractivity contribution in [1.82, 2.24) is 15.2 Å². The molecule has 10 heteroatoms. The molecule has 2 heterocycles. The van der Waals surface area contributed by atoms with Gasteiger partial charge in [0.2, 0.25) is 0 Å². The lowest BCUT2D eigenvalue weighted by Crippen LogP contribution is -2.22. The molecule has 0 fully saturated rings. The molecule has 0 bridgehead atoms. The van der Waals surface area contributed by atoms with Crippen LogP contribution < -0.4 is 11.1 Å². The summed E-state index contributed by atoms with van der Waals surface area (Å²) in [4.78, 5) is 23.6. The van der Waals surface area contributed by atoms with Crippen molar-refractivity contribution in [1.29, 1.82) is 0 Å². The number of nitrogens with zero attached hydrogens (tertiary/aromatic N) is 3. The van der Waals surface area contributed by atoms with Crippen LogP contribution in [-0.2, 0) is 0 Å². The van der Waals surface area contributed by atoms with E-state index in [2.05, 4.69) is 15.6 Å². The number of hydrogen-bond donors (Lipinski definition) is 2. The second-order valence-electron chi connectivity index (χ2n) is 4.94. The van der Waals surface area contributed by atoms with Crippen LogP contribution in [0, 0.1) is 13.8 Å². The van der Waals surface area contributed by atoms with Crippen molar-refractivity contribution in [2.75, 3.05) is 0 Å². The van der Waals surface area contributed by atoms with Crippen molar-refractivity contribution in [3.63, 3.8) is 0 Å². The van der Waals surface area contributed by atoms with Gasteiger partial charge in [0.1, 0.15) is 17.1 Å². The van der Waals surface area contributed by atoms with Gasteiger partial charge in [-0.05, 0) is 26.8 Å². The topological polar surface area (TPSA) is 110 Å². The lowest BCUT2D eigenvalue weighted by Gasteiger charge is -2.03. The quantitative estimate of drug-likeness (QED) is 0.650. The van der Waals surface area contributed by atoms with Gasteiger partial charge in [0, 0.05) is 11.8 Å². The number of nitrogens with one attached hydrogen (secondary N) is 1. The van der Waals surface area contributed by atoms with Crippen LogP contribution in [0.1, 0.15) is 41.0 Å². The van der Waals surface area contributed by atoms with E-state index in [0.717, 1.165) is 0 Å². The number of aromatic nitrogens is 2. The first-order valence-corrected chi connectivity index (χ1v) is 6.73. The zero-order valence-electron chi connectivity index (χ0n) is 13.0. The number of alkyl halides is 2. The lowest BCUT2D eigenvalue weighted by molar-refractivity contribution is 0.0538. The van der Waals surface area contributed by atoms with Gasteiger partial charge in [0.15, 0.2) is 5.69 Å². The van der Waals surface area contributed by atoms with E-state index in [1.54, 1.807) is 0 Å². The summed E-state index contributed by atoms with van der Waals surface area (Å²) in [5.41, 5.74) is 0.881. The fraction of sp³-hybridized carbons (Fsp3) is 0.286. The van der Waals surface area contributed by atoms with Gasteiger partial charge in [-0.2, -0.15) is 19.0 Å². The number of carbonyl (C=O) groups is 1. The molecule has 2 aromatic rings. The van der Waals surface area contributed by atoms with E-state index < -0.39 is 18.1 Å². The van der Waals surface area contributed by atoms with E-state index in [9.17, 15) is 23.5 Å². The predicted octanol–water partition coefficient (Wildman–Crippen LogP) is 1.71. The number of aryl methyl sites for hydroxylation is 2. The molecule has 0 radical (unpaired) electrons. The molecule has 8 nitrogen and oxygen atoms in total. The van der Waals surface area contributed by atoms with Crippen molar-refractivity contribution >= 4 is 11.6 Å². The van der Waals surface area contributed by atoms with E-state index in [1.807, 2.05) is 0 Å². The third-order valence-electron chi connectivity index (χ3n) is 3.08. The molecule has 128 valence electrons. The summed E-state index contributed by atoms with van der Waals surface area (Å²) in [5.74, 6) is -0.976. The van der Waals surface area contributed by atoms with Crippen LogP contribution in [0.15, 0.2) is 26.4 Å². The Morgan fingerprint density at radius 3 is 2.62 bits per heavy atom. The van der Waals surface area contributed by atoms with Crippen LogP contribution in [0.2, 0.25) is 0 Å². The highest BCUT2D eigenvalue weighted by atomic mass is 19.3. The van der Waals surface area contributed by atoms with Crippen molar-refractivity contribution in [2.24, 2.45) is 5.10 Å². The fourth-order valence-corrected chi connectivity index (χ4v) is 1.97. The molecule has 2 aromatic heterocycles. The Morgan fingerprint density at radius 2 is 2.08 bits per heavy atom. The minimum Gasteiger partial charge on any atom is -0.507 e. The number of aromatic hydroxyl groups is 1. The fourth-order valence-electron chi connectivity index (χ4n) is 1.97. The van der Waals surface area contributed by atoms with Gasteiger partial charge in [0.25, 0.3) is 5.91 Å². The highest BCUT2D eigenvalue weighted by Gasteiger charge is 2.17. The first-order valence-electron chi connectivity index (χ1n) is 6.73. The van der Waals surface area contributed by atoms with Gasteiger partial charge in [-0.3, -0.25) is 4.79 Å². The Hall–Kier alpha value is -3.04. The van der Waals surface area contributed by atoms with E-state index in [4.69, 9.17) is 4.42 Å². The molecule has 2 rings (SSSR count). The van der Waals surface area contributed by atoms with E-state index in [0.29, 0.717) is 4.68 Å². The summed E-state index contributed by atoms with van der Waals surface area (Å²) < 4.78 is 30.5. The van der Waals surface area contributed by atoms with Gasteiger partial charge < -0.3 is 9.52 Å². The third kappa shape index (κ3) is 3.47. The number of hydrogen-bond acceptors (Lipinski definition) is 6. The number of amides is 1. The molecule has 2 N–H and O–H groups in total.